The predicted octanol–water partition coefficient (Wildman–Crippen LogP) is 3.37. The van der Waals surface area contributed by atoms with Gasteiger partial charge in [-0.1, -0.05) is 0 Å². The molecule has 2 rings (SSSR count). The highest BCUT2D eigenvalue weighted by Crippen LogP contribution is 2.25. The number of hydrogen-bond acceptors (Lipinski definition) is 3. The van der Waals surface area contributed by atoms with Crippen LogP contribution >= 0.6 is 11.8 Å². The molecular formula is C14H22N2S. The van der Waals surface area contributed by atoms with Crippen molar-refractivity contribution in [3.8, 4) is 0 Å². The van der Waals surface area contributed by atoms with Gasteiger partial charge in [0.2, 0.25) is 0 Å². The van der Waals surface area contributed by atoms with Gasteiger partial charge in [0.1, 0.15) is 0 Å². The number of nitrogens with one attached hydrogen (secondary N) is 1. The number of thioether (sulfide) groups is 1. The minimum absolute atomic E-state index is 0.667. The lowest BCUT2D eigenvalue weighted by Crippen LogP contribution is -2.24. The molecule has 0 aromatic heterocycles. The molecule has 0 bridgehead atoms. The fourth-order valence-corrected chi connectivity index (χ4v) is 3.26. The third-order valence-electron chi connectivity index (χ3n) is 3.31. The summed E-state index contributed by atoms with van der Waals surface area (Å²) in [5.41, 5.74) is 3.91. The Morgan fingerprint density at radius 1 is 1.24 bits per heavy atom. The normalized spacial score (nSPS) is 16.9. The van der Waals surface area contributed by atoms with Crippen molar-refractivity contribution < 1.29 is 0 Å². The Morgan fingerprint density at radius 2 is 1.94 bits per heavy atom. The molecule has 1 aliphatic rings. The SMILES string of the molecule is Cc1cc(N(C)C)ccc1NC1CCSCC1. The van der Waals surface area contributed by atoms with E-state index in [1.54, 1.807) is 0 Å². The van der Waals surface area contributed by atoms with Crippen molar-refractivity contribution >= 4 is 23.1 Å². The van der Waals surface area contributed by atoms with Crippen LogP contribution in [0.4, 0.5) is 11.4 Å². The average Bonchev–Trinajstić information content (AvgIpc) is 2.33. The van der Waals surface area contributed by atoms with Crippen LogP contribution in [0, 0.1) is 6.92 Å². The van der Waals surface area contributed by atoms with Crippen LogP contribution in [-0.4, -0.2) is 31.6 Å². The van der Waals surface area contributed by atoms with Crippen LogP contribution in [0.5, 0.6) is 0 Å². The maximum Gasteiger partial charge on any atom is 0.0373 e. The molecule has 1 fully saturated rings. The van der Waals surface area contributed by atoms with E-state index in [-0.39, 0.29) is 0 Å². The van der Waals surface area contributed by atoms with Crippen LogP contribution in [0.1, 0.15) is 18.4 Å². The van der Waals surface area contributed by atoms with E-state index in [1.807, 2.05) is 0 Å². The number of aryl methyl sites for hydroxylation is 1. The average molecular weight is 250 g/mol. The summed E-state index contributed by atoms with van der Waals surface area (Å²) in [7, 11) is 4.17. The van der Waals surface area contributed by atoms with Gasteiger partial charge in [-0.2, -0.15) is 11.8 Å². The molecule has 0 radical (unpaired) electrons. The van der Waals surface area contributed by atoms with E-state index in [0.717, 1.165) is 0 Å². The number of rotatable bonds is 3. The molecule has 0 saturated carbocycles. The van der Waals surface area contributed by atoms with E-state index in [2.05, 4.69) is 61.2 Å². The number of anilines is 2. The number of nitrogens with zero attached hydrogens (tertiary/aromatic N) is 1. The molecule has 1 heterocycles. The second kappa shape index (κ2) is 5.67. The van der Waals surface area contributed by atoms with Gasteiger partial charge in [-0.05, 0) is 55.0 Å². The highest BCUT2D eigenvalue weighted by molar-refractivity contribution is 7.99. The van der Waals surface area contributed by atoms with E-state index < -0.39 is 0 Å². The van der Waals surface area contributed by atoms with Crippen LogP contribution in [0.15, 0.2) is 18.2 Å². The van der Waals surface area contributed by atoms with Gasteiger partial charge >= 0.3 is 0 Å². The molecule has 0 spiro atoms. The molecule has 1 aromatic carbocycles. The smallest absolute Gasteiger partial charge is 0.0373 e. The predicted molar refractivity (Wildman–Crippen MR) is 79.5 cm³/mol. The van der Waals surface area contributed by atoms with Crippen LogP contribution in [0.2, 0.25) is 0 Å². The summed E-state index contributed by atoms with van der Waals surface area (Å²) >= 11 is 2.07. The Kier molecular flexibility index (Phi) is 4.21. The number of benzene rings is 1. The largest absolute Gasteiger partial charge is 0.382 e. The van der Waals surface area contributed by atoms with E-state index in [9.17, 15) is 0 Å². The van der Waals surface area contributed by atoms with Crippen molar-refractivity contribution in [2.75, 3.05) is 35.8 Å². The first-order chi connectivity index (χ1) is 8.16. The maximum atomic E-state index is 3.68. The van der Waals surface area contributed by atoms with Gasteiger partial charge in [0.05, 0.1) is 0 Å². The third-order valence-corrected chi connectivity index (χ3v) is 4.36. The molecule has 2 nitrogen and oxygen atoms in total. The monoisotopic (exact) mass is 250 g/mol. The molecule has 0 aliphatic carbocycles. The van der Waals surface area contributed by atoms with Gasteiger partial charge in [0.15, 0.2) is 0 Å². The first kappa shape index (κ1) is 12.6. The molecule has 17 heavy (non-hydrogen) atoms. The molecule has 1 aromatic rings. The van der Waals surface area contributed by atoms with Gasteiger partial charge < -0.3 is 10.2 Å². The summed E-state index contributed by atoms with van der Waals surface area (Å²) in [6.07, 6.45) is 2.58. The summed E-state index contributed by atoms with van der Waals surface area (Å²) in [5, 5.41) is 3.68. The van der Waals surface area contributed by atoms with Crippen molar-refractivity contribution in [2.45, 2.75) is 25.8 Å². The molecule has 1 aliphatic heterocycles. The van der Waals surface area contributed by atoms with Crippen LogP contribution < -0.4 is 10.2 Å². The van der Waals surface area contributed by atoms with E-state index in [0.29, 0.717) is 6.04 Å². The maximum absolute atomic E-state index is 3.68. The zero-order valence-corrected chi connectivity index (χ0v) is 11.8. The van der Waals surface area contributed by atoms with Crippen LogP contribution in [0.3, 0.4) is 0 Å². The summed E-state index contributed by atoms with van der Waals surface area (Å²) in [6, 6.07) is 7.32. The van der Waals surface area contributed by atoms with E-state index in [4.69, 9.17) is 0 Å². The van der Waals surface area contributed by atoms with Gasteiger partial charge in [0, 0.05) is 31.5 Å². The van der Waals surface area contributed by atoms with Crippen molar-refractivity contribution in [2.24, 2.45) is 0 Å². The second-order valence-corrected chi connectivity index (χ2v) is 6.15. The Morgan fingerprint density at radius 3 is 2.53 bits per heavy atom. The highest BCUT2D eigenvalue weighted by atomic mass is 32.2. The summed E-state index contributed by atoms with van der Waals surface area (Å²) in [6.45, 7) is 2.19. The van der Waals surface area contributed by atoms with Gasteiger partial charge in [-0.3, -0.25) is 0 Å². The van der Waals surface area contributed by atoms with Gasteiger partial charge in [-0.15, -0.1) is 0 Å². The number of hydrogen-bond donors (Lipinski definition) is 1. The fourth-order valence-electron chi connectivity index (χ4n) is 2.15. The third kappa shape index (κ3) is 3.32. The lowest BCUT2D eigenvalue weighted by Gasteiger charge is -2.25. The highest BCUT2D eigenvalue weighted by Gasteiger charge is 2.14. The van der Waals surface area contributed by atoms with Crippen molar-refractivity contribution in [1.82, 2.24) is 0 Å². The summed E-state index contributed by atoms with van der Waals surface area (Å²) in [4.78, 5) is 2.15. The summed E-state index contributed by atoms with van der Waals surface area (Å²) < 4.78 is 0. The summed E-state index contributed by atoms with van der Waals surface area (Å²) in [5.74, 6) is 2.60. The first-order valence-electron chi connectivity index (χ1n) is 6.29. The standard InChI is InChI=1S/C14H22N2S/c1-11-10-13(16(2)3)4-5-14(11)15-12-6-8-17-9-7-12/h4-5,10,12,15H,6-9H2,1-3H3. The Hall–Kier alpha value is -0.830. The van der Waals surface area contributed by atoms with Crippen LogP contribution in [-0.2, 0) is 0 Å². The lowest BCUT2D eigenvalue weighted by atomic mass is 10.1. The Balaban J connectivity index is 2.05. The van der Waals surface area contributed by atoms with Gasteiger partial charge in [0.25, 0.3) is 0 Å². The topological polar surface area (TPSA) is 15.3 Å². The quantitative estimate of drug-likeness (QED) is 0.885. The van der Waals surface area contributed by atoms with E-state index >= 15 is 0 Å². The van der Waals surface area contributed by atoms with Crippen molar-refractivity contribution in [1.29, 1.82) is 0 Å². The molecule has 1 saturated heterocycles. The fraction of sp³-hybridized carbons (Fsp3) is 0.571. The Labute approximate surface area is 109 Å². The molecule has 1 N–H and O–H groups in total. The minimum atomic E-state index is 0.667. The van der Waals surface area contributed by atoms with Crippen LogP contribution in [0.25, 0.3) is 0 Å². The van der Waals surface area contributed by atoms with Crippen molar-refractivity contribution in [3.63, 3.8) is 0 Å². The van der Waals surface area contributed by atoms with E-state index in [1.165, 1.54) is 41.3 Å². The zero-order valence-electron chi connectivity index (χ0n) is 11.0. The van der Waals surface area contributed by atoms with Crippen molar-refractivity contribution in [3.05, 3.63) is 23.8 Å². The Bertz CT molecular complexity index is 370. The minimum Gasteiger partial charge on any atom is -0.382 e. The van der Waals surface area contributed by atoms with Gasteiger partial charge in [-0.25, -0.2) is 0 Å². The first-order valence-corrected chi connectivity index (χ1v) is 7.44. The second-order valence-electron chi connectivity index (χ2n) is 4.92. The molecular weight excluding hydrogens is 228 g/mol. The molecule has 0 atom stereocenters. The lowest BCUT2D eigenvalue weighted by molar-refractivity contribution is 0.666. The molecule has 0 unspecified atom stereocenters. The molecule has 94 valence electrons. The molecule has 3 heteroatoms. The molecule has 0 amide bonds. The zero-order chi connectivity index (χ0) is 12.3.